The standard InChI is InChI=1S/C12H25NO3S/c1-11(7-9-17(13,14)15)6-8-16-10-12-4-2-3-5-12/h11-12H,2-10H2,1H3,(H2,13,14,15). The molecule has 1 rings (SSSR count). The lowest BCUT2D eigenvalue weighted by Gasteiger charge is -2.13. The van der Waals surface area contributed by atoms with Gasteiger partial charge < -0.3 is 4.74 Å². The molecule has 0 aromatic rings. The van der Waals surface area contributed by atoms with Crippen molar-refractivity contribution >= 4 is 10.0 Å². The largest absolute Gasteiger partial charge is 0.381 e. The molecule has 1 unspecified atom stereocenters. The third kappa shape index (κ3) is 7.73. The lowest BCUT2D eigenvalue weighted by molar-refractivity contribution is 0.0913. The minimum atomic E-state index is -3.30. The van der Waals surface area contributed by atoms with Crippen LogP contribution in [0, 0.1) is 11.8 Å². The van der Waals surface area contributed by atoms with Crippen LogP contribution >= 0.6 is 0 Å². The summed E-state index contributed by atoms with van der Waals surface area (Å²) in [6.45, 7) is 3.66. The van der Waals surface area contributed by atoms with Crippen molar-refractivity contribution in [2.24, 2.45) is 17.0 Å². The lowest BCUT2D eigenvalue weighted by Crippen LogP contribution is -2.18. The molecular formula is C12H25NO3S. The maximum Gasteiger partial charge on any atom is 0.209 e. The molecule has 17 heavy (non-hydrogen) atoms. The van der Waals surface area contributed by atoms with Crippen LogP contribution in [-0.4, -0.2) is 27.4 Å². The van der Waals surface area contributed by atoms with Crippen molar-refractivity contribution in [3.63, 3.8) is 0 Å². The molecule has 1 aliphatic rings. The van der Waals surface area contributed by atoms with Gasteiger partial charge in [0.2, 0.25) is 10.0 Å². The fourth-order valence-corrected chi connectivity index (χ4v) is 2.95. The van der Waals surface area contributed by atoms with E-state index in [1.54, 1.807) is 0 Å². The minimum Gasteiger partial charge on any atom is -0.381 e. The third-order valence-electron chi connectivity index (χ3n) is 3.48. The van der Waals surface area contributed by atoms with E-state index in [1.807, 2.05) is 6.92 Å². The summed E-state index contributed by atoms with van der Waals surface area (Å²) in [4.78, 5) is 0. The molecule has 4 nitrogen and oxygen atoms in total. The van der Waals surface area contributed by atoms with Crippen LogP contribution in [-0.2, 0) is 14.8 Å². The Kier molecular flexibility index (Phi) is 6.44. The van der Waals surface area contributed by atoms with E-state index in [0.717, 1.165) is 25.6 Å². The molecule has 1 saturated carbocycles. The molecule has 0 saturated heterocycles. The van der Waals surface area contributed by atoms with Gasteiger partial charge in [-0.15, -0.1) is 0 Å². The van der Waals surface area contributed by atoms with Gasteiger partial charge in [0.05, 0.1) is 5.75 Å². The van der Waals surface area contributed by atoms with Crippen molar-refractivity contribution in [1.82, 2.24) is 0 Å². The van der Waals surface area contributed by atoms with E-state index in [2.05, 4.69) is 0 Å². The van der Waals surface area contributed by atoms with Gasteiger partial charge in [0.15, 0.2) is 0 Å². The van der Waals surface area contributed by atoms with Crippen LogP contribution in [0.5, 0.6) is 0 Å². The Balaban J connectivity index is 1.98. The van der Waals surface area contributed by atoms with Gasteiger partial charge in [0.25, 0.3) is 0 Å². The van der Waals surface area contributed by atoms with Crippen molar-refractivity contribution in [2.45, 2.75) is 45.4 Å². The first-order chi connectivity index (χ1) is 7.97. The second-order valence-electron chi connectivity index (χ2n) is 5.27. The van der Waals surface area contributed by atoms with E-state index in [1.165, 1.54) is 25.7 Å². The number of hydrogen-bond acceptors (Lipinski definition) is 3. The molecule has 102 valence electrons. The van der Waals surface area contributed by atoms with Crippen molar-refractivity contribution < 1.29 is 13.2 Å². The average Bonchev–Trinajstić information content (AvgIpc) is 2.73. The molecule has 2 N–H and O–H groups in total. The van der Waals surface area contributed by atoms with Gasteiger partial charge in [-0.25, -0.2) is 13.6 Å². The second kappa shape index (κ2) is 7.34. The average molecular weight is 263 g/mol. The van der Waals surface area contributed by atoms with Gasteiger partial charge in [-0.1, -0.05) is 19.8 Å². The highest BCUT2D eigenvalue weighted by atomic mass is 32.2. The third-order valence-corrected chi connectivity index (χ3v) is 4.28. The molecule has 1 aliphatic carbocycles. The summed E-state index contributed by atoms with van der Waals surface area (Å²) < 4.78 is 27.2. The molecule has 0 amide bonds. The number of nitrogens with two attached hydrogens (primary N) is 1. The summed E-state index contributed by atoms with van der Waals surface area (Å²) in [6.07, 6.45) is 6.85. The molecule has 1 atom stereocenters. The zero-order valence-corrected chi connectivity index (χ0v) is 11.5. The second-order valence-corrected chi connectivity index (χ2v) is 7.01. The van der Waals surface area contributed by atoms with E-state index in [0.29, 0.717) is 12.3 Å². The van der Waals surface area contributed by atoms with Crippen molar-refractivity contribution in [2.75, 3.05) is 19.0 Å². The molecule has 0 spiro atoms. The number of rotatable bonds is 8. The zero-order valence-electron chi connectivity index (χ0n) is 10.7. The Morgan fingerprint density at radius 1 is 1.29 bits per heavy atom. The van der Waals surface area contributed by atoms with Gasteiger partial charge in [-0.05, 0) is 37.5 Å². The fourth-order valence-electron chi connectivity index (χ4n) is 2.22. The van der Waals surface area contributed by atoms with Crippen molar-refractivity contribution in [1.29, 1.82) is 0 Å². The lowest BCUT2D eigenvalue weighted by atomic mass is 10.1. The van der Waals surface area contributed by atoms with E-state index in [4.69, 9.17) is 9.88 Å². The van der Waals surface area contributed by atoms with Crippen molar-refractivity contribution in [3.8, 4) is 0 Å². The molecule has 0 radical (unpaired) electrons. The summed E-state index contributed by atoms with van der Waals surface area (Å²) in [5, 5.41) is 4.96. The van der Waals surface area contributed by atoms with E-state index in [9.17, 15) is 8.42 Å². The first-order valence-electron chi connectivity index (χ1n) is 6.55. The number of ether oxygens (including phenoxy) is 1. The van der Waals surface area contributed by atoms with Crippen LogP contribution in [0.15, 0.2) is 0 Å². The van der Waals surface area contributed by atoms with Gasteiger partial charge >= 0.3 is 0 Å². The van der Waals surface area contributed by atoms with Gasteiger partial charge in [0, 0.05) is 13.2 Å². The van der Waals surface area contributed by atoms with Gasteiger partial charge in [-0.3, -0.25) is 0 Å². The first kappa shape index (κ1) is 14.9. The Hall–Kier alpha value is -0.130. The number of hydrogen-bond donors (Lipinski definition) is 1. The summed E-state index contributed by atoms with van der Waals surface area (Å²) in [5.41, 5.74) is 0. The highest BCUT2D eigenvalue weighted by Crippen LogP contribution is 2.24. The summed E-state index contributed by atoms with van der Waals surface area (Å²) in [7, 11) is -3.30. The first-order valence-corrected chi connectivity index (χ1v) is 8.27. The number of sulfonamides is 1. The van der Waals surface area contributed by atoms with E-state index >= 15 is 0 Å². The van der Waals surface area contributed by atoms with Crippen LogP contribution < -0.4 is 5.14 Å². The van der Waals surface area contributed by atoms with Crippen LogP contribution in [0.25, 0.3) is 0 Å². The molecule has 0 aromatic carbocycles. The zero-order chi connectivity index (χ0) is 12.7. The Morgan fingerprint density at radius 3 is 2.53 bits per heavy atom. The highest BCUT2D eigenvalue weighted by molar-refractivity contribution is 7.89. The van der Waals surface area contributed by atoms with Crippen molar-refractivity contribution in [3.05, 3.63) is 0 Å². The highest BCUT2D eigenvalue weighted by Gasteiger charge is 2.15. The predicted octanol–water partition coefficient (Wildman–Crippen LogP) is 1.90. The Morgan fingerprint density at radius 2 is 1.94 bits per heavy atom. The maximum atomic E-state index is 10.8. The topological polar surface area (TPSA) is 69.4 Å². The maximum absolute atomic E-state index is 10.8. The van der Waals surface area contributed by atoms with E-state index in [-0.39, 0.29) is 5.75 Å². The summed E-state index contributed by atoms with van der Waals surface area (Å²) in [6, 6.07) is 0. The monoisotopic (exact) mass is 263 g/mol. The molecule has 1 fully saturated rings. The quantitative estimate of drug-likeness (QED) is 0.680. The Bertz CT molecular complexity index is 297. The molecule has 0 bridgehead atoms. The fraction of sp³-hybridized carbons (Fsp3) is 1.00. The van der Waals surface area contributed by atoms with Crippen LogP contribution in [0.3, 0.4) is 0 Å². The minimum absolute atomic E-state index is 0.0802. The van der Waals surface area contributed by atoms with Crippen LogP contribution in [0.4, 0.5) is 0 Å². The molecule has 0 aromatic heterocycles. The van der Waals surface area contributed by atoms with Gasteiger partial charge in [0.1, 0.15) is 0 Å². The SMILES string of the molecule is CC(CCOCC1CCCC1)CCS(N)(=O)=O. The van der Waals surface area contributed by atoms with Gasteiger partial charge in [-0.2, -0.15) is 0 Å². The summed E-state index contributed by atoms with van der Waals surface area (Å²) >= 11 is 0. The molecular weight excluding hydrogens is 238 g/mol. The van der Waals surface area contributed by atoms with Crippen LogP contribution in [0.2, 0.25) is 0 Å². The molecule has 0 aliphatic heterocycles. The Labute approximate surface area is 105 Å². The summed E-state index contributed by atoms with van der Waals surface area (Å²) in [5.74, 6) is 1.20. The number of primary sulfonamides is 1. The van der Waals surface area contributed by atoms with Crippen LogP contribution in [0.1, 0.15) is 45.4 Å². The molecule has 0 heterocycles. The normalized spacial score (nSPS) is 19.6. The molecule has 5 heteroatoms. The van der Waals surface area contributed by atoms with E-state index < -0.39 is 10.0 Å². The smallest absolute Gasteiger partial charge is 0.209 e. The predicted molar refractivity (Wildman–Crippen MR) is 69.1 cm³/mol.